The number of anilines is 1. The minimum Gasteiger partial charge on any atom is -0.507 e. The van der Waals surface area contributed by atoms with Crippen LogP contribution in [0.1, 0.15) is 31.1 Å². The van der Waals surface area contributed by atoms with Crippen molar-refractivity contribution in [2.45, 2.75) is 26.4 Å². The van der Waals surface area contributed by atoms with E-state index in [-0.39, 0.29) is 23.6 Å². The highest BCUT2D eigenvalue weighted by molar-refractivity contribution is 5.91. The van der Waals surface area contributed by atoms with E-state index in [9.17, 15) is 9.90 Å². The number of aromatic carboxylic acids is 1. The molecule has 0 atom stereocenters. The van der Waals surface area contributed by atoms with Crippen LogP contribution in [0.5, 0.6) is 5.75 Å². The van der Waals surface area contributed by atoms with Gasteiger partial charge in [0, 0.05) is 5.69 Å². The Bertz CT molecular complexity index is 409. The second-order valence-corrected chi connectivity index (χ2v) is 4.61. The molecule has 0 aromatic heterocycles. The van der Waals surface area contributed by atoms with E-state index in [1.54, 1.807) is 6.07 Å². The van der Waals surface area contributed by atoms with Crippen LogP contribution in [0.2, 0.25) is 0 Å². The van der Waals surface area contributed by atoms with Gasteiger partial charge in [-0.2, -0.15) is 0 Å². The third kappa shape index (κ3) is 4.32. The first kappa shape index (κ1) is 13.3. The topological polar surface area (TPSA) is 78.8 Å². The fourth-order valence-electron chi connectivity index (χ4n) is 1.15. The average Bonchev–Trinajstić information content (AvgIpc) is 2.18. The maximum absolute atomic E-state index is 10.8. The highest BCUT2D eigenvalue weighted by Crippen LogP contribution is 2.21. The van der Waals surface area contributed by atoms with Gasteiger partial charge in [0.2, 0.25) is 0 Å². The van der Waals surface area contributed by atoms with Crippen molar-refractivity contribution in [3.8, 4) is 5.75 Å². The van der Waals surface area contributed by atoms with Gasteiger partial charge >= 0.3 is 5.97 Å². The van der Waals surface area contributed by atoms with Gasteiger partial charge in [-0.1, -0.05) is 0 Å². The average molecular weight is 239 g/mol. The van der Waals surface area contributed by atoms with E-state index < -0.39 is 5.97 Å². The maximum atomic E-state index is 10.8. The van der Waals surface area contributed by atoms with Crippen LogP contribution in [0.3, 0.4) is 0 Å². The summed E-state index contributed by atoms with van der Waals surface area (Å²) >= 11 is 0. The molecule has 0 aliphatic carbocycles. The molecule has 0 aliphatic heterocycles. The predicted molar refractivity (Wildman–Crippen MR) is 64.4 cm³/mol. The number of carboxylic acid groups (broad SMARTS) is 1. The summed E-state index contributed by atoms with van der Waals surface area (Å²) in [6.07, 6.45) is 0. The Balaban J connectivity index is 2.67. The Morgan fingerprint density at radius 1 is 1.41 bits per heavy atom. The van der Waals surface area contributed by atoms with E-state index in [0.717, 1.165) is 0 Å². The second-order valence-electron chi connectivity index (χ2n) is 4.61. The Hall–Kier alpha value is -1.75. The predicted octanol–water partition coefficient (Wildman–Crippen LogP) is 2.27. The van der Waals surface area contributed by atoms with Gasteiger partial charge in [0.1, 0.15) is 18.0 Å². The van der Waals surface area contributed by atoms with Crippen LogP contribution in [-0.4, -0.2) is 28.5 Å². The number of hydrogen-bond acceptors (Lipinski definition) is 4. The van der Waals surface area contributed by atoms with E-state index in [1.165, 1.54) is 12.1 Å². The molecule has 0 bridgehead atoms. The zero-order valence-corrected chi connectivity index (χ0v) is 10.2. The normalized spacial score (nSPS) is 11.2. The Kier molecular flexibility index (Phi) is 3.96. The molecule has 0 radical (unpaired) electrons. The highest BCUT2D eigenvalue weighted by atomic mass is 16.5. The van der Waals surface area contributed by atoms with E-state index in [1.807, 2.05) is 20.8 Å². The summed E-state index contributed by atoms with van der Waals surface area (Å²) in [4.78, 5) is 10.8. The zero-order chi connectivity index (χ0) is 13.1. The van der Waals surface area contributed by atoms with Crippen LogP contribution in [0, 0.1) is 0 Å². The van der Waals surface area contributed by atoms with Crippen molar-refractivity contribution in [3.63, 3.8) is 0 Å². The van der Waals surface area contributed by atoms with Crippen molar-refractivity contribution >= 4 is 11.7 Å². The molecule has 5 nitrogen and oxygen atoms in total. The van der Waals surface area contributed by atoms with Crippen molar-refractivity contribution in [2.75, 3.05) is 12.0 Å². The molecule has 0 aliphatic rings. The number of carboxylic acids is 1. The van der Waals surface area contributed by atoms with Gasteiger partial charge in [-0.05, 0) is 39.0 Å². The maximum Gasteiger partial charge on any atom is 0.339 e. The zero-order valence-electron chi connectivity index (χ0n) is 10.2. The molecular weight excluding hydrogens is 222 g/mol. The van der Waals surface area contributed by atoms with Crippen LogP contribution in [0.25, 0.3) is 0 Å². The summed E-state index contributed by atoms with van der Waals surface area (Å²) < 4.78 is 5.44. The molecule has 5 heteroatoms. The lowest BCUT2D eigenvalue weighted by Crippen LogP contribution is -2.23. The lowest BCUT2D eigenvalue weighted by atomic mass is 10.2. The molecular formula is C12H17NO4. The first-order valence-corrected chi connectivity index (χ1v) is 5.24. The summed E-state index contributed by atoms with van der Waals surface area (Å²) in [5, 5.41) is 21.1. The molecule has 17 heavy (non-hydrogen) atoms. The van der Waals surface area contributed by atoms with Gasteiger partial charge in [0.25, 0.3) is 0 Å². The fraction of sp³-hybridized carbons (Fsp3) is 0.417. The molecule has 94 valence electrons. The van der Waals surface area contributed by atoms with Gasteiger partial charge in [-0.3, -0.25) is 0 Å². The number of hydrogen-bond donors (Lipinski definition) is 3. The third-order valence-corrected chi connectivity index (χ3v) is 2.01. The molecule has 0 saturated heterocycles. The molecule has 0 saturated carbocycles. The Labute approximate surface area is 100 Å². The standard InChI is InChI=1S/C12H17NO4/c1-12(2,3)17-7-13-8-4-5-10(14)9(6-8)11(15)16/h4-6,13-14H,7H2,1-3H3,(H,15,16). The van der Waals surface area contributed by atoms with E-state index in [2.05, 4.69) is 5.32 Å². The van der Waals surface area contributed by atoms with Crippen molar-refractivity contribution < 1.29 is 19.7 Å². The lowest BCUT2D eigenvalue weighted by Gasteiger charge is -2.20. The van der Waals surface area contributed by atoms with Crippen molar-refractivity contribution in [3.05, 3.63) is 23.8 Å². The van der Waals surface area contributed by atoms with Crippen LogP contribution >= 0.6 is 0 Å². The smallest absolute Gasteiger partial charge is 0.339 e. The number of rotatable bonds is 4. The largest absolute Gasteiger partial charge is 0.507 e. The van der Waals surface area contributed by atoms with Gasteiger partial charge in [0.05, 0.1) is 5.60 Å². The summed E-state index contributed by atoms with van der Waals surface area (Å²) in [7, 11) is 0. The number of aromatic hydroxyl groups is 1. The quantitative estimate of drug-likeness (QED) is 0.555. The molecule has 1 rings (SSSR count). The van der Waals surface area contributed by atoms with Crippen LogP contribution < -0.4 is 5.32 Å². The monoisotopic (exact) mass is 239 g/mol. The number of nitrogens with one attached hydrogen (secondary N) is 1. The minimum atomic E-state index is -1.16. The molecule has 3 N–H and O–H groups in total. The van der Waals surface area contributed by atoms with Gasteiger partial charge < -0.3 is 20.3 Å². The second kappa shape index (κ2) is 5.05. The van der Waals surface area contributed by atoms with E-state index >= 15 is 0 Å². The highest BCUT2D eigenvalue weighted by Gasteiger charge is 2.11. The number of carbonyl (C=O) groups is 1. The molecule has 1 aromatic rings. The summed E-state index contributed by atoms with van der Waals surface area (Å²) in [6.45, 7) is 6.05. The summed E-state index contributed by atoms with van der Waals surface area (Å²) in [5.74, 6) is -1.41. The van der Waals surface area contributed by atoms with Crippen LogP contribution in [-0.2, 0) is 4.74 Å². The van der Waals surface area contributed by atoms with Crippen molar-refractivity contribution in [2.24, 2.45) is 0 Å². The SMILES string of the molecule is CC(C)(C)OCNc1ccc(O)c(C(=O)O)c1. The number of ether oxygens (including phenoxy) is 1. The fourth-order valence-corrected chi connectivity index (χ4v) is 1.15. The molecule has 0 fully saturated rings. The first-order chi connectivity index (χ1) is 7.79. The Morgan fingerprint density at radius 3 is 2.59 bits per heavy atom. The van der Waals surface area contributed by atoms with Crippen molar-refractivity contribution in [1.82, 2.24) is 0 Å². The van der Waals surface area contributed by atoms with Crippen molar-refractivity contribution in [1.29, 1.82) is 0 Å². The molecule has 0 unspecified atom stereocenters. The molecule has 0 heterocycles. The molecule has 0 spiro atoms. The Morgan fingerprint density at radius 2 is 2.06 bits per heavy atom. The number of phenols is 1. The molecule has 0 amide bonds. The third-order valence-electron chi connectivity index (χ3n) is 2.01. The van der Waals surface area contributed by atoms with Gasteiger partial charge in [-0.15, -0.1) is 0 Å². The minimum absolute atomic E-state index is 0.134. The van der Waals surface area contributed by atoms with Gasteiger partial charge in [0.15, 0.2) is 0 Å². The van der Waals surface area contributed by atoms with Crippen LogP contribution in [0.4, 0.5) is 5.69 Å². The van der Waals surface area contributed by atoms with E-state index in [0.29, 0.717) is 5.69 Å². The van der Waals surface area contributed by atoms with Crippen LogP contribution in [0.15, 0.2) is 18.2 Å². The van der Waals surface area contributed by atoms with E-state index in [4.69, 9.17) is 9.84 Å². The first-order valence-electron chi connectivity index (χ1n) is 5.24. The molecule has 1 aromatic carbocycles. The lowest BCUT2D eigenvalue weighted by molar-refractivity contribution is 0.00844. The van der Waals surface area contributed by atoms with Gasteiger partial charge in [-0.25, -0.2) is 4.79 Å². The summed E-state index contributed by atoms with van der Waals surface area (Å²) in [6, 6.07) is 4.29. The summed E-state index contributed by atoms with van der Waals surface area (Å²) in [5.41, 5.74) is 0.190. The number of benzene rings is 1.